The Bertz CT molecular complexity index is 1380. The molecule has 6 rings (SSSR count). The van der Waals surface area contributed by atoms with Gasteiger partial charge in [0.2, 0.25) is 5.65 Å². The highest BCUT2D eigenvalue weighted by Gasteiger charge is 2.28. The second kappa shape index (κ2) is 7.20. The number of benzene rings is 2. The van der Waals surface area contributed by atoms with Crippen molar-refractivity contribution in [2.75, 3.05) is 0 Å². The number of fused-ring (bicyclic) bond motifs is 4. The summed E-state index contributed by atoms with van der Waals surface area (Å²) in [5.74, 6) is 1.17. The van der Waals surface area contributed by atoms with E-state index in [9.17, 15) is 9.59 Å². The van der Waals surface area contributed by atoms with Crippen LogP contribution in [0.4, 0.5) is 0 Å². The van der Waals surface area contributed by atoms with Gasteiger partial charge in [0.15, 0.2) is 0 Å². The zero-order chi connectivity index (χ0) is 20.4. The summed E-state index contributed by atoms with van der Waals surface area (Å²) in [6.07, 6.45) is 3.32. The maximum atomic E-state index is 13.3. The molecule has 0 spiro atoms. The third-order valence-electron chi connectivity index (χ3n) is 6.55. The molecule has 0 unspecified atom stereocenters. The monoisotopic (exact) mass is 435 g/mol. The van der Waals surface area contributed by atoms with E-state index in [2.05, 4.69) is 27.3 Å². The molecule has 7 nitrogen and oxygen atoms in total. The molecule has 3 heterocycles. The molecule has 1 amide bonds. The van der Waals surface area contributed by atoms with Gasteiger partial charge < -0.3 is 9.88 Å². The number of H-pyrrole nitrogens is 1. The number of aryl methyl sites for hydroxylation is 1. The second-order valence-corrected chi connectivity index (χ2v) is 8.41. The van der Waals surface area contributed by atoms with E-state index in [1.54, 1.807) is 6.07 Å². The van der Waals surface area contributed by atoms with Gasteiger partial charge in [0.25, 0.3) is 11.5 Å². The lowest BCUT2D eigenvalue weighted by Gasteiger charge is -2.23. The second-order valence-electron chi connectivity index (χ2n) is 8.41. The predicted octanol–water partition coefficient (Wildman–Crippen LogP) is 3.72. The summed E-state index contributed by atoms with van der Waals surface area (Å²) in [4.78, 5) is 30.7. The van der Waals surface area contributed by atoms with Crippen LogP contribution in [0.2, 0.25) is 0 Å². The van der Waals surface area contributed by atoms with E-state index in [4.69, 9.17) is 0 Å². The Kier molecular flexibility index (Phi) is 4.59. The zero-order valence-electron chi connectivity index (χ0n) is 17.1. The Morgan fingerprint density at radius 3 is 2.45 bits per heavy atom. The number of amides is 1. The third-order valence-corrected chi connectivity index (χ3v) is 6.55. The third kappa shape index (κ3) is 2.95. The molecule has 1 fully saturated rings. The minimum Gasteiger partial charge on any atom is -0.330 e. The lowest BCUT2D eigenvalue weighted by atomic mass is 9.85. The van der Waals surface area contributed by atoms with E-state index in [1.807, 2.05) is 34.4 Å². The van der Waals surface area contributed by atoms with E-state index < -0.39 is 0 Å². The van der Waals surface area contributed by atoms with Crippen molar-refractivity contribution in [2.45, 2.75) is 45.2 Å². The van der Waals surface area contributed by atoms with Crippen molar-refractivity contribution in [2.24, 2.45) is 0 Å². The number of aromatic amines is 1. The van der Waals surface area contributed by atoms with Gasteiger partial charge in [-0.1, -0.05) is 30.7 Å². The van der Waals surface area contributed by atoms with Crippen molar-refractivity contribution in [3.8, 4) is 0 Å². The molecule has 2 aliphatic rings. The number of hydrogen-bond donors (Lipinski definition) is 1. The van der Waals surface area contributed by atoms with Gasteiger partial charge in [-0.3, -0.25) is 14.0 Å². The molecular formula is C23H22ClN5O2. The molecule has 4 aromatic rings. The number of hydrogen-bond acceptors (Lipinski definition) is 4. The maximum absolute atomic E-state index is 13.3. The van der Waals surface area contributed by atoms with Gasteiger partial charge >= 0.3 is 0 Å². The van der Waals surface area contributed by atoms with Crippen molar-refractivity contribution >= 4 is 35.0 Å². The summed E-state index contributed by atoms with van der Waals surface area (Å²) < 4.78 is 1.88. The fourth-order valence-corrected chi connectivity index (χ4v) is 4.65. The van der Waals surface area contributed by atoms with Crippen LogP contribution in [-0.2, 0) is 13.1 Å². The number of nitrogens with one attached hydrogen (secondary N) is 1. The zero-order valence-corrected chi connectivity index (χ0v) is 17.9. The molecule has 1 N–H and O–H groups in total. The molecule has 31 heavy (non-hydrogen) atoms. The first-order chi connectivity index (χ1) is 14.6. The van der Waals surface area contributed by atoms with Crippen LogP contribution in [0.15, 0.2) is 41.2 Å². The van der Waals surface area contributed by atoms with Crippen LogP contribution in [0.5, 0.6) is 0 Å². The van der Waals surface area contributed by atoms with Gasteiger partial charge in [0.1, 0.15) is 5.82 Å². The van der Waals surface area contributed by atoms with Crippen LogP contribution >= 0.6 is 12.4 Å². The minimum atomic E-state index is -0.281. The molecule has 0 saturated heterocycles. The summed E-state index contributed by atoms with van der Waals surface area (Å²) in [5.41, 5.74) is 5.39. The molecule has 1 aliphatic heterocycles. The molecule has 1 aliphatic carbocycles. The Hall–Kier alpha value is -3.19. The lowest BCUT2D eigenvalue weighted by molar-refractivity contribution is 0.0751. The van der Waals surface area contributed by atoms with Crippen molar-refractivity contribution in [3.63, 3.8) is 0 Å². The van der Waals surface area contributed by atoms with Crippen molar-refractivity contribution < 1.29 is 4.79 Å². The maximum Gasteiger partial charge on any atom is 0.294 e. The number of carbonyl (C=O) groups excluding carboxylic acids is 1. The molecule has 2 aromatic carbocycles. The highest BCUT2D eigenvalue weighted by molar-refractivity contribution is 5.99. The van der Waals surface area contributed by atoms with Crippen LogP contribution in [0.1, 0.15) is 58.1 Å². The average molecular weight is 436 g/mol. The van der Waals surface area contributed by atoms with E-state index in [-0.39, 0.29) is 23.9 Å². The summed E-state index contributed by atoms with van der Waals surface area (Å²) >= 11 is 0. The Balaban J connectivity index is 0.00000204. The normalized spacial score (nSPS) is 15.7. The molecule has 158 valence electrons. The van der Waals surface area contributed by atoms with E-state index in [0.717, 1.165) is 29.7 Å². The number of halogens is 1. The fraction of sp³-hybridized carbons (Fsp3) is 0.304. The van der Waals surface area contributed by atoms with E-state index in [1.165, 1.54) is 17.5 Å². The van der Waals surface area contributed by atoms with Crippen LogP contribution in [0, 0.1) is 6.92 Å². The quantitative estimate of drug-likeness (QED) is 0.520. The average Bonchev–Trinajstić information content (AvgIpc) is 3.32. The molecular weight excluding hydrogens is 414 g/mol. The highest BCUT2D eigenvalue weighted by atomic mass is 35.5. The van der Waals surface area contributed by atoms with E-state index in [0.29, 0.717) is 35.7 Å². The first kappa shape index (κ1) is 19.8. The highest BCUT2D eigenvalue weighted by Crippen LogP contribution is 2.36. The smallest absolute Gasteiger partial charge is 0.294 e. The van der Waals surface area contributed by atoms with Gasteiger partial charge in [0.05, 0.1) is 11.0 Å². The van der Waals surface area contributed by atoms with Crippen molar-refractivity contribution in [1.29, 1.82) is 0 Å². The topological polar surface area (TPSA) is 83.4 Å². The van der Waals surface area contributed by atoms with Crippen LogP contribution in [-0.4, -0.2) is 30.4 Å². The fourth-order valence-electron chi connectivity index (χ4n) is 4.65. The molecule has 2 aromatic heterocycles. The summed E-state index contributed by atoms with van der Waals surface area (Å²) in [7, 11) is 0. The van der Waals surface area contributed by atoms with Gasteiger partial charge in [-0.05, 0) is 48.6 Å². The van der Waals surface area contributed by atoms with E-state index >= 15 is 0 Å². The van der Waals surface area contributed by atoms with Gasteiger partial charge in [0, 0.05) is 24.6 Å². The van der Waals surface area contributed by atoms with Crippen molar-refractivity contribution in [3.05, 3.63) is 74.8 Å². The molecule has 0 bridgehead atoms. The summed E-state index contributed by atoms with van der Waals surface area (Å²) in [6.45, 7) is 3.17. The number of aromatic nitrogens is 4. The number of rotatable bonds is 2. The predicted molar refractivity (Wildman–Crippen MR) is 120 cm³/mol. The molecule has 0 radical (unpaired) electrons. The standard InChI is InChI=1S/C23H21N5O2.ClH/c1-13-9-19-18(24-22(29)21-26-25-20(28(19)21)14-7-4-8-14)10-17(13)23(30)27-11-15-5-2-3-6-16(15)12-27;/h2-3,5-6,9-10,14H,4,7-8,11-12H2,1H3,(H,24,29);1H. The van der Waals surface area contributed by atoms with Crippen LogP contribution < -0.4 is 5.56 Å². The molecule has 1 saturated carbocycles. The summed E-state index contributed by atoms with van der Waals surface area (Å²) in [6, 6.07) is 11.9. The van der Waals surface area contributed by atoms with Gasteiger partial charge in [-0.15, -0.1) is 22.6 Å². The van der Waals surface area contributed by atoms with Gasteiger partial charge in [-0.25, -0.2) is 0 Å². The Morgan fingerprint density at radius 1 is 1.10 bits per heavy atom. The Labute approximate surface area is 184 Å². The van der Waals surface area contributed by atoms with Crippen molar-refractivity contribution in [1.82, 2.24) is 24.5 Å². The first-order valence-corrected chi connectivity index (χ1v) is 10.4. The number of nitrogens with zero attached hydrogens (tertiary/aromatic N) is 4. The lowest BCUT2D eigenvalue weighted by Crippen LogP contribution is -2.26. The van der Waals surface area contributed by atoms with Crippen LogP contribution in [0.25, 0.3) is 16.7 Å². The number of carbonyl (C=O) groups is 1. The SMILES string of the molecule is Cc1cc2c(cc1C(=O)N1Cc3ccccc3C1)[nH]c(=O)c1nnc(C3CCC3)n12.Cl. The first-order valence-electron chi connectivity index (χ1n) is 10.4. The largest absolute Gasteiger partial charge is 0.330 e. The van der Waals surface area contributed by atoms with Gasteiger partial charge in [-0.2, -0.15) is 0 Å². The Morgan fingerprint density at radius 2 is 1.81 bits per heavy atom. The molecule has 8 heteroatoms. The van der Waals surface area contributed by atoms with Crippen LogP contribution in [0.3, 0.4) is 0 Å². The minimum absolute atomic E-state index is 0. The molecule has 0 atom stereocenters. The summed E-state index contributed by atoms with van der Waals surface area (Å²) in [5, 5.41) is 8.46.